The molecule has 2 nitrogen and oxygen atoms in total. The van der Waals surface area contributed by atoms with E-state index >= 15 is 0 Å². The molecule has 2 atom stereocenters. The minimum Gasteiger partial charge on any atom is -0.324 e. The molecule has 0 aromatic heterocycles. The van der Waals surface area contributed by atoms with Gasteiger partial charge in [-0.25, -0.2) is 0 Å². The third-order valence-electron chi connectivity index (χ3n) is 5.16. The molecule has 0 aliphatic carbocycles. The predicted octanol–water partition coefficient (Wildman–Crippen LogP) is 5.74. The highest BCUT2D eigenvalue weighted by molar-refractivity contribution is 5.63. The van der Waals surface area contributed by atoms with Gasteiger partial charge in [-0.05, 0) is 39.7 Å². The van der Waals surface area contributed by atoms with Crippen LogP contribution in [0.4, 0.5) is 0 Å². The third-order valence-corrected chi connectivity index (χ3v) is 5.16. The number of nitrogens with two attached hydrogens (primary N) is 2. The summed E-state index contributed by atoms with van der Waals surface area (Å²) in [6.07, 6.45) is 0.722. The maximum absolute atomic E-state index is 6.44. The summed E-state index contributed by atoms with van der Waals surface area (Å²) in [4.78, 5) is 0. The van der Waals surface area contributed by atoms with E-state index in [0.717, 1.165) is 17.5 Å². The molecule has 27 heavy (non-hydrogen) atoms. The number of rotatable bonds is 5. The van der Waals surface area contributed by atoms with Gasteiger partial charge in [-0.1, -0.05) is 99.6 Å². The van der Waals surface area contributed by atoms with E-state index < -0.39 is 0 Å². The first-order valence-electron chi connectivity index (χ1n) is 9.61. The van der Waals surface area contributed by atoms with Crippen LogP contribution in [0.25, 0.3) is 11.1 Å². The van der Waals surface area contributed by atoms with Gasteiger partial charge in [-0.3, -0.25) is 0 Å². The van der Waals surface area contributed by atoms with Gasteiger partial charge in [0.1, 0.15) is 0 Å². The van der Waals surface area contributed by atoms with Crippen molar-refractivity contribution in [1.29, 1.82) is 0 Å². The molecule has 0 bridgehead atoms. The van der Waals surface area contributed by atoms with Crippen molar-refractivity contribution >= 4 is 0 Å². The Morgan fingerprint density at radius 1 is 0.630 bits per heavy atom. The van der Waals surface area contributed by atoms with E-state index in [0.29, 0.717) is 0 Å². The standard InChI is InChI=1S/C25H30N2/c1-25(2,3)22-15-13-21(14-16-22)24(27)17-23(26)20-11-9-19(10-12-20)18-7-5-4-6-8-18/h4-16,23-24H,17,26-27H2,1-3H3. The van der Waals surface area contributed by atoms with Crippen molar-refractivity contribution in [1.82, 2.24) is 0 Å². The highest BCUT2D eigenvalue weighted by atomic mass is 14.7. The van der Waals surface area contributed by atoms with Crippen LogP contribution >= 0.6 is 0 Å². The van der Waals surface area contributed by atoms with E-state index in [1.165, 1.54) is 16.7 Å². The van der Waals surface area contributed by atoms with Crippen molar-refractivity contribution in [3.63, 3.8) is 0 Å². The molecule has 0 amide bonds. The third kappa shape index (κ3) is 4.85. The molecule has 0 saturated carbocycles. The van der Waals surface area contributed by atoms with Crippen LogP contribution in [0.15, 0.2) is 78.9 Å². The van der Waals surface area contributed by atoms with E-state index in [4.69, 9.17) is 11.5 Å². The first-order valence-corrected chi connectivity index (χ1v) is 9.61. The van der Waals surface area contributed by atoms with Crippen molar-refractivity contribution < 1.29 is 0 Å². The van der Waals surface area contributed by atoms with Gasteiger partial charge in [0.15, 0.2) is 0 Å². The Bertz CT molecular complexity index is 844. The van der Waals surface area contributed by atoms with Gasteiger partial charge >= 0.3 is 0 Å². The van der Waals surface area contributed by atoms with Gasteiger partial charge in [0.25, 0.3) is 0 Å². The monoisotopic (exact) mass is 358 g/mol. The van der Waals surface area contributed by atoms with Crippen LogP contribution in [0.1, 0.15) is 56.0 Å². The van der Waals surface area contributed by atoms with Crippen LogP contribution in [0.2, 0.25) is 0 Å². The van der Waals surface area contributed by atoms with E-state index in [-0.39, 0.29) is 17.5 Å². The fourth-order valence-electron chi connectivity index (χ4n) is 3.33. The van der Waals surface area contributed by atoms with E-state index in [9.17, 15) is 0 Å². The van der Waals surface area contributed by atoms with E-state index in [2.05, 4.69) is 93.6 Å². The zero-order chi connectivity index (χ0) is 19.4. The van der Waals surface area contributed by atoms with Crippen LogP contribution in [0, 0.1) is 0 Å². The van der Waals surface area contributed by atoms with Crippen molar-refractivity contribution in [2.45, 2.75) is 44.7 Å². The fraction of sp³-hybridized carbons (Fsp3) is 0.280. The maximum atomic E-state index is 6.44. The smallest absolute Gasteiger partial charge is 0.0313 e. The molecule has 0 saturated heterocycles. The maximum Gasteiger partial charge on any atom is 0.0313 e. The van der Waals surface area contributed by atoms with Crippen molar-refractivity contribution in [2.75, 3.05) is 0 Å². The first kappa shape index (κ1) is 19.3. The summed E-state index contributed by atoms with van der Waals surface area (Å²) in [5.41, 5.74) is 19.0. The zero-order valence-corrected chi connectivity index (χ0v) is 16.5. The second kappa shape index (κ2) is 8.08. The molecule has 140 valence electrons. The Morgan fingerprint density at radius 2 is 1.07 bits per heavy atom. The van der Waals surface area contributed by atoms with Gasteiger partial charge in [0.2, 0.25) is 0 Å². The normalized spacial score (nSPS) is 14.0. The number of hydrogen-bond acceptors (Lipinski definition) is 2. The molecule has 0 fully saturated rings. The molecule has 3 aromatic rings. The van der Waals surface area contributed by atoms with Gasteiger partial charge in [0.05, 0.1) is 0 Å². The summed E-state index contributed by atoms with van der Waals surface area (Å²) < 4.78 is 0. The van der Waals surface area contributed by atoms with Crippen molar-refractivity contribution in [3.05, 3.63) is 95.6 Å². The molecule has 0 spiro atoms. The Labute approximate surface area is 163 Å². The van der Waals surface area contributed by atoms with Crippen LogP contribution in [-0.4, -0.2) is 0 Å². The lowest BCUT2D eigenvalue weighted by Crippen LogP contribution is -2.20. The molecule has 0 radical (unpaired) electrons. The number of hydrogen-bond donors (Lipinski definition) is 2. The summed E-state index contributed by atoms with van der Waals surface area (Å²) in [5, 5.41) is 0. The molecular weight excluding hydrogens is 328 g/mol. The second-order valence-corrected chi connectivity index (χ2v) is 8.31. The topological polar surface area (TPSA) is 52.0 Å². The molecule has 4 N–H and O–H groups in total. The molecule has 2 unspecified atom stereocenters. The highest BCUT2D eigenvalue weighted by Gasteiger charge is 2.16. The summed E-state index contributed by atoms with van der Waals surface area (Å²) >= 11 is 0. The largest absolute Gasteiger partial charge is 0.324 e. The lowest BCUT2D eigenvalue weighted by atomic mass is 9.86. The minimum atomic E-state index is -0.0767. The van der Waals surface area contributed by atoms with Crippen LogP contribution in [0.5, 0.6) is 0 Å². The first-order chi connectivity index (χ1) is 12.8. The van der Waals surface area contributed by atoms with Gasteiger partial charge in [-0.15, -0.1) is 0 Å². The predicted molar refractivity (Wildman–Crippen MR) is 115 cm³/mol. The van der Waals surface area contributed by atoms with Crippen molar-refractivity contribution in [3.8, 4) is 11.1 Å². The Balaban J connectivity index is 1.67. The Kier molecular flexibility index (Phi) is 5.79. The van der Waals surface area contributed by atoms with Crippen LogP contribution in [0.3, 0.4) is 0 Å². The lowest BCUT2D eigenvalue weighted by molar-refractivity contribution is 0.555. The average Bonchev–Trinajstić information content (AvgIpc) is 2.68. The zero-order valence-electron chi connectivity index (χ0n) is 16.5. The molecule has 3 aromatic carbocycles. The Hall–Kier alpha value is -2.42. The second-order valence-electron chi connectivity index (χ2n) is 8.31. The highest BCUT2D eigenvalue weighted by Crippen LogP contribution is 2.28. The van der Waals surface area contributed by atoms with Gasteiger partial charge in [-0.2, -0.15) is 0 Å². The molecule has 0 heterocycles. The quantitative estimate of drug-likeness (QED) is 0.611. The van der Waals surface area contributed by atoms with Crippen LogP contribution in [-0.2, 0) is 5.41 Å². The molecule has 0 aliphatic heterocycles. The average molecular weight is 359 g/mol. The lowest BCUT2D eigenvalue weighted by Gasteiger charge is -2.22. The number of benzene rings is 3. The summed E-state index contributed by atoms with van der Waals surface area (Å²) in [6.45, 7) is 6.66. The Morgan fingerprint density at radius 3 is 1.56 bits per heavy atom. The molecule has 0 aliphatic rings. The van der Waals surface area contributed by atoms with Crippen molar-refractivity contribution in [2.24, 2.45) is 11.5 Å². The molecule has 2 heteroatoms. The fourth-order valence-corrected chi connectivity index (χ4v) is 3.33. The van der Waals surface area contributed by atoms with Gasteiger partial charge in [0, 0.05) is 12.1 Å². The van der Waals surface area contributed by atoms with E-state index in [1.54, 1.807) is 0 Å². The van der Waals surface area contributed by atoms with Gasteiger partial charge < -0.3 is 11.5 Å². The van der Waals surface area contributed by atoms with Crippen LogP contribution < -0.4 is 11.5 Å². The molecular formula is C25H30N2. The minimum absolute atomic E-state index is 0.0668. The molecule has 3 rings (SSSR count). The summed E-state index contributed by atoms with van der Waals surface area (Å²) in [7, 11) is 0. The summed E-state index contributed by atoms with van der Waals surface area (Å²) in [6, 6.07) is 27.3. The van der Waals surface area contributed by atoms with E-state index in [1.807, 2.05) is 6.07 Å². The SMILES string of the molecule is CC(C)(C)c1ccc(C(N)CC(N)c2ccc(-c3ccccc3)cc2)cc1. The summed E-state index contributed by atoms with van der Waals surface area (Å²) in [5.74, 6) is 0.